The van der Waals surface area contributed by atoms with Crippen LogP contribution in [0.5, 0.6) is 0 Å². The van der Waals surface area contributed by atoms with Gasteiger partial charge in [0.25, 0.3) is 0 Å². The molecule has 0 aromatic heterocycles. The van der Waals surface area contributed by atoms with Gasteiger partial charge in [-0.25, -0.2) is 4.79 Å². The Labute approximate surface area is 189 Å². The fourth-order valence-electron chi connectivity index (χ4n) is 3.48. The van der Waals surface area contributed by atoms with E-state index in [1.807, 2.05) is 62.4 Å². The van der Waals surface area contributed by atoms with Crippen molar-refractivity contribution in [2.75, 3.05) is 4.90 Å². The predicted molar refractivity (Wildman–Crippen MR) is 125 cm³/mol. The van der Waals surface area contributed by atoms with E-state index in [2.05, 4.69) is 55.1 Å². The number of nitrogens with zero attached hydrogens (tertiary/aromatic N) is 1. The molecule has 5 heteroatoms. The molecule has 0 N–H and O–H groups in total. The van der Waals surface area contributed by atoms with Gasteiger partial charge >= 0.3 is 12.1 Å². The zero-order chi connectivity index (χ0) is 23.5. The van der Waals surface area contributed by atoms with E-state index in [1.165, 1.54) is 5.56 Å². The molecule has 3 aromatic carbocycles. The molecule has 1 unspecified atom stereocenters. The third-order valence-electron chi connectivity index (χ3n) is 4.79. The highest BCUT2D eigenvalue weighted by molar-refractivity contribution is 5.85. The molecule has 0 saturated heterocycles. The Morgan fingerprint density at radius 1 is 0.719 bits per heavy atom. The summed E-state index contributed by atoms with van der Waals surface area (Å²) in [6.07, 6.45) is 0.0989. The van der Waals surface area contributed by atoms with Crippen molar-refractivity contribution in [1.82, 2.24) is 0 Å². The van der Waals surface area contributed by atoms with Crippen LogP contribution in [0.2, 0.25) is 0 Å². The third kappa shape index (κ3) is 6.66. The normalized spacial score (nSPS) is 11.2. The lowest BCUT2D eigenvalue weighted by Gasteiger charge is -2.35. The first kappa shape index (κ1) is 24.6. The summed E-state index contributed by atoms with van der Waals surface area (Å²) in [4.78, 5) is 31.3. The van der Waals surface area contributed by atoms with E-state index in [0.717, 1.165) is 16.9 Å². The van der Waals surface area contributed by atoms with Crippen molar-refractivity contribution in [3.8, 4) is 11.1 Å². The molecule has 0 radical (unpaired) electrons. The molecule has 0 heterocycles. The Morgan fingerprint density at radius 3 is 1.62 bits per heavy atom. The number of carbonyl (C=O) groups is 1. The van der Waals surface area contributed by atoms with E-state index >= 15 is 0 Å². The van der Waals surface area contributed by atoms with Gasteiger partial charge in [0.15, 0.2) is 0 Å². The average Bonchev–Trinajstić information content (AvgIpc) is 2.78. The van der Waals surface area contributed by atoms with Crippen molar-refractivity contribution >= 4 is 23.5 Å². The largest absolute Gasteiger partial charge is 0.461 e. The van der Waals surface area contributed by atoms with Crippen molar-refractivity contribution in [1.29, 1.82) is 0 Å². The minimum absolute atomic E-state index is 0.0789. The number of benzene rings is 3. The molecule has 0 aliphatic heterocycles. The molecule has 0 spiro atoms. The van der Waals surface area contributed by atoms with E-state index in [-0.39, 0.29) is 24.1 Å². The van der Waals surface area contributed by atoms with Gasteiger partial charge in [-0.15, -0.1) is 0 Å². The second-order valence-electron chi connectivity index (χ2n) is 7.88. The summed E-state index contributed by atoms with van der Waals surface area (Å²) in [6, 6.07) is 28.3. The number of esters is 1. The molecule has 32 heavy (non-hydrogen) atoms. The van der Waals surface area contributed by atoms with Gasteiger partial charge in [-0.3, -0.25) is 0 Å². The summed E-state index contributed by atoms with van der Waals surface area (Å²) in [5.41, 5.74) is 4.26. The highest BCUT2D eigenvalue weighted by Gasteiger charge is 2.32. The van der Waals surface area contributed by atoms with Crippen LogP contribution in [0.15, 0.2) is 84.9 Å². The fourth-order valence-corrected chi connectivity index (χ4v) is 3.48. The molecule has 0 bridgehead atoms. The SMILES string of the molecule is CC(C)OC(=O)C(C(C)C)N(c1ccccc1)c1ccc(-c2ccccc2)cc1.O=C=O. The number of para-hydroxylation sites is 1. The molecule has 0 amide bonds. The van der Waals surface area contributed by atoms with Crippen molar-refractivity contribution < 1.29 is 19.1 Å². The summed E-state index contributed by atoms with van der Waals surface area (Å²) in [5, 5.41) is 0. The van der Waals surface area contributed by atoms with Crippen LogP contribution in [0.3, 0.4) is 0 Å². The van der Waals surface area contributed by atoms with Crippen LogP contribution in [0, 0.1) is 5.92 Å². The second-order valence-corrected chi connectivity index (χ2v) is 7.88. The Balaban J connectivity index is 0.00000114. The van der Waals surface area contributed by atoms with E-state index in [1.54, 1.807) is 0 Å². The molecule has 3 aromatic rings. The Kier molecular flexibility index (Phi) is 9.40. The number of rotatable bonds is 7. The van der Waals surface area contributed by atoms with E-state index in [0.29, 0.717) is 0 Å². The Morgan fingerprint density at radius 2 is 1.16 bits per heavy atom. The number of ether oxygens (including phenoxy) is 1. The van der Waals surface area contributed by atoms with Crippen LogP contribution >= 0.6 is 0 Å². The fraction of sp³-hybridized carbons (Fsp3) is 0.259. The monoisotopic (exact) mass is 431 g/mol. The molecule has 1 atom stereocenters. The van der Waals surface area contributed by atoms with Crippen molar-refractivity contribution in [3.05, 3.63) is 84.9 Å². The lowest BCUT2D eigenvalue weighted by Crippen LogP contribution is -2.44. The number of hydrogen-bond donors (Lipinski definition) is 0. The molecule has 0 saturated carbocycles. The van der Waals surface area contributed by atoms with E-state index < -0.39 is 6.04 Å². The van der Waals surface area contributed by atoms with Crippen molar-refractivity contribution in [2.45, 2.75) is 39.8 Å². The van der Waals surface area contributed by atoms with Crippen LogP contribution in [-0.2, 0) is 19.1 Å². The summed E-state index contributed by atoms with van der Waals surface area (Å²) >= 11 is 0. The minimum Gasteiger partial charge on any atom is -0.461 e. The summed E-state index contributed by atoms with van der Waals surface area (Å²) in [5.74, 6) is -0.124. The molecular weight excluding hydrogens is 402 g/mol. The lowest BCUT2D eigenvalue weighted by atomic mass is 9.99. The van der Waals surface area contributed by atoms with Crippen LogP contribution in [-0.4, -0.2) is 24.3 Å². The maximum atomic E-state index is 13.0. The lowest BCUT2D eigenvalue weighted by molar-refractivity contribution is -0.191. The zero-order valence-electron chi connectivity index (χ0n) is 18.9. The predicted octanol–water partition coefficient (Wildman–Crippen LogP) is 5.88. The number of hydrogen-bond acceptors (Lipinski definition) is 5. The van der Waals surface area contributed by atoms with Gasteiger partial charge in [0.05, 0.1) is 6.10 Å². The Hall–Kier alpha value is -3.69. The number of anilines is 2. The van der Waals surface area contributed by atoms with Gasteiger partial charge in [0.2, 0.25) is 0 Å². The first-order valence-electron chi connectivity index (χ1n) is 10.6. The zero-order valence-corrected chi connectivity index (χ0v) is 18.9. The smallest absolute Gasteiger partial charge is 0.373 e. The minimum atomic E-state index is -0.414. The van der Waals surface area contributed by atoms with Gasteiger partial charge in [-0.05, 0) is 55.2 Å². The van der Waals surface area contributed by atoms with Gasteiger partial charge in [-0.1, -0.05) is 74.5 Å². The Bertz CT molecular complexity index is 993. The van der Waals surface area contributed by atoms with Crippen LogP contribution < -0.4 is 4.90 Å². The molecule has 166 valence electrons. The number of carbonyl (C=O) groups excluding carboxylic acids is 3. The van der Waals surface area contributed by atoms with Gasteiger partial charge < -0.3 is 9.64 Å². The first-order valence-corrected chi connectivity index (χ1v) is 10.6. The van der Waals surface area contributed by atoms with Crippen LogP contribution in [0.4, 0.5) is 11.4 Å². The molecule has 5 nitrogen and oxygen atoms in total. The summed E-state index contributed by atoms with van der Waals surface area (Å²) in [6.45, 7) is 7.88. The van der Waals surface area contributed by atoms with Gasteiger partial charge in [0, 0.05) is 11.4 Å². The van der Waals surface area contributed by atoms with Crippen molar-refractivity contribution in [2.24, 2.45) is 5.92 Å². The topological polar surface area (TPSA) is 63.7 Å². The molecule has 0 aliphatic rings. The second kappa shape index (κ2) is 12.2. The van der Waals surface area contributed by atoms with Crippen LogP contribution in [0.25, 0.3) is 11.1 Å². The highest BCUT2D eigenvalue weighted by atomic mass is 16.5. The molecule has 0 aliphatic carbocycles. The van der Waals surface area contributed by atoms with Crippen LogP contribution in [0.1, 0.15) is 27.7 Å². The molecule has 3 rings (SSSR count). The third-order valence-corrected chi connectivity index (χ3v) is 4.79. The summed E-state index contributed by atoms with van der Waals surface area (Å²) in [7, 11) is 0. The van der Waals surface area contributed by atoms with Gasteiger partial charge in [-0.2, -0.15) is 9.59 Å². The maximum Gasteiger partial charge on any atom is 0.373 e. The maximum absolute atomic E-state index is 13.0. The highest BCUT2D eigenvalue weighted by Crippen LogP contribution is 2.33. The van der Waals surface area contributed by atoms with E-state index in [4.69, 9.17) is 14.3 Å². The van der Waals surface area contributed by atoms with E-state index in [9.17, 15) is 4.79 Å². The standard InChI is InChI=1S/C26H29NO2.CO2/c1-19(2)25(26(28)29-20(3)4)27(23-13-9-6-10-14-23)24-17-15-22(16-18-24)21-11-7-5-8-12-21;2-1-3/h5-20,25H,1-4H3;. The molecule has 0 fully saturated rings. The van der Waals surface area contributed by atoms with Crippen molar-refractivity contribution in [3.63, 3.8) is 0 Å². The quantitative estimate of drug-likeness (QED) is 0.437. The van der Waals surface area contributed by atoms with Gasteiger partial charge in [0.1, 0.15) is 6.04 Å². The first-order chi connectivity index (χ1) is 15.4. The summed E-state index contributed by atoms with van der Waals surface area (Å²) < 4.78 is 5.61. The average molecular weight is 432 g/mol. The molecular formula is C27H29NO4.